The molecule has 1 aromatic rings. The van der Waals surface area contributed by atoms with Crippen molar-refractivity contribution in [1.82, 2.24) is 4.98 Å². The second-order valence-corrected chi connectivity index (χ2v) is 2.52. The second-order valence-electron chi connectivity index (χ2n) is 2.52. The lowest BCUT2D eigenvalue weighted by Crippen LogP contribution is -2.05. The average molecular weight is 192 g/mol. The van der Waals surface area contributed by atoms with Crippen molar-refractivity contribution in [3.05, 3.63) is 35.7 Å². The molecule has 0 saturated heterocycles. The standard InChI is InChI=1S/C9H8N2O3/c10-8(12)2-1-6-3-4-11-7(5-6)9(13)14/h1-5H,(H2,10,12)(H,13,14). The Morgan fingerprint density at radius 3 is 2.79 bits per heavy atom. The summed E-state index contributed by atoms with van der Waals surface area (Å²) in [6, 6.07) is 2.92. The van der Waals surface area contributed by atoms with Crippen LogP contribution in [0.25, 0.3) is 6.08 Å². The third kappa shape index (κ3) is 2.71. The molecule has 0 atom stereocenters. The van der Waals surface area contributed by atoms with Crippen LogP contribution in [0, 0.1) is 0 Å². The molecule has 5 nitrogen and oxygen atoms in total. The fraction of sp³-hybridized carbons (Fsp3) is 0. The van der Waals surface area contributed by atoms with Crippen LogP contribution in [-0.2, 0) is 4.79 Å². The van der Waals surface area contributed by atoms with Gasteiger partial charge in [-0.2, -0.15) is 0 Å². The molecular weight excluding hydrogens is 184 g/mol. The van der Waals surface area contributed by atoms with Gasteiger partial charge in [-0.15, -0.1) is 0 Å². The van der Waals surface area contributed by atoms with E-state index in [1.165, 1.54) is 18.3 Å². The minimum Gasteiger partial charge on any atom is -0.477 e. The number of carboxylic acids is 1. The van der Waals surface area contributed by atoms with Gasteiger partial charge < -0.3 is 10.8 Å². The Morgan fingerprint density at radius 2 is 2.21 bits per heavy atom. The highest BCUT2D eigenvalue weighted by molar-refractivity contribution is 5.91. The van der Waals surface area contributed by atoms with Gasteiger partial charge in [-0.3, -0.25) is 4.79 Å². The monoisotopic (exact) mass is 192 g/mol. The molecule has 14 heavy (non-hydrogen) atoms. The first-order valence-electron chi connectivity index (χ1n) is 3.76. The fourth-order valence-electron chi connectivity index (χ4n) is 0.846. The summed E-state index contributed by atoms with van der Waals surface area (Å²) in [6.45, 7) is 0. The second kappa shape index (κ2) is 4.18. The Balaban J connectivity index is 2.94. The van der Waals surface area contributed by atoms with Gasteiger partial charge in [0.05, 0.1) is 0 Å². The zero-order valence-corrected chi connectivity index (χ0v) is 7.18. The molecule has 0 aliphatic carbocycles. The maximum absolute atomic E-state index is 10.5. The van der Waals surface area contributed by atoms with E-state index < -0.39 is 11.9 Å². The molecule has 0 unspecified atom stereocenters. The van der Waals surface area contributed by atoms with E-state index in [1.54, 1.807) is 6.07 Å². The third-order valence-electron chi connectivity index (χ3n) is 1.44. The number of carbonyl (C=O) groups is 2. The SMILES string of the molecule is NC(=O)C=Cc1ccnc(C(=O)O)c1. The molecule has 0 aliphatic rings. The van der Waals surface area contributed by atoms with E-state index in [0.29, 0.717) is 5.56 Å². The molecule has 1 heterocycles. The summed E-state index contributed by atoms with van der Waals surface area (Å²) >= 11 is 0. The number of nitrogens with two attached hydrogens (primary N) is 1. The van der Waals surface area contributed by atoms with Crippen molar-refractivity contribution < 1.29 is 14.7 Å². The Hall–Kier alpha value is -2.17. The van der Waals surface area contributed by atoms with Crippen LogP contribution in [0.2, 0.25) is 0 Å². The number of carboxylic acid groups (broad SMARTS) is 1. The lowest BCUT2D eigenvalue weighted by molar-refractivity contribution is -0.113. The van der Waals surface area contributed by atoms with E-state index in [0.717, 1.165) is 6.08 Å². The lowest BCUT2D eigenvalue weighted by atomic mass is 10.2. The average Bonchev–Trinajstić information content (AvgIpc) is 2.15. The molecule has 1 aromatic heterocycles. The van der Waals surface area contributed by atoms with E-state index in [4.69, 9.17) is 10.8 Å². The first kappa shape index (κ1) is 9.91. The van der Waals surface area contributed by atoms with Crippen LogP contribution in [0.4, 0.5) is 0 Å². The third-order valence-corrected chi connectivity index (χ3v) is 1.44. The molecule has 0 saturated carbocycles. The molecule has 5 heteroatoms. The molecule has 72 valence electrons. The van der Waals surface area contributed by atoms with Crippen LogP contribution < -0.4 is 5.73 Å². The van der Waals surface area contributed by atoms with Crippen molar-refractivity contribution in [2.75, 3.05) is 0 Å². The summed E-state index contributed by atoms with van der Waals surface area (Å²) in [5.41, 5.74) is 5.37. The number of aromatic carboxylic acids is 1. The zero-order valence-electron chi connectivity index (χ0n) is 7.18. The van der Waals surface area contributed by atoms with E-state index >= 15 is 0 Å². The van der Waals surface area contributed by atoms with Crippen LogP contribution in [0.3, 0.4) is 0 Å². The van der Waals surface area contributed by atoms with Crippen molar-refractivity contribution >= 4 is 18.0 Å². The molecule has 0 aromatic carbocycles. The van der Waals surface area contributed by atoms with Gasteiger partial charge in [-0.1, -0.05) is 0 Å². The molecule has 0 bridgehead atoms. The van der Waals surface area contributed by atoms with E-state index in [9.17, 15) is 9.59 Å². The molecule has 1 rings (SSSR count). The molecule has 1 amide bonds. The number of hydrogen-bond donors (Lipinski definition) is 2. The fourth-order valence-corrected chi connectivity index (χ4v) is 0.846. The number of nitrogens with zero attached hydrogens (tertiary/aromatic N) is 1. The molecular formula is C9H8N2O3. The van der Waals surface area contributed by atoms with Gasteiger partial charge in [-0.05, 0) is 23.8 Å². The normalized spacial score (nSPS) is 10.3. The number of rotatable bonds is 3. The van der Waals surface area contributed by atoms with Gasteiger partial charge in [-0.25, -0.2) is 9.78 Å². The Labute approximate surface area is 79.9 Å². The van der Waals surface area contributed by atoms with Crippen molar-refractivity contribution in [2.24, 2.45) is 5.73 Å². The number of pyridine rings is 1. The van der Waals surface area contributed by atoms with Crippen molar-refractivity contribution in [3.8, 4) is 0 Å². The highest BCUT2D eigenvalue weighted by Crippen LogP contribution is 2.03. The first-order valence-corrected chi connectivity index (χ1v) is 3.76. The molecule has 0 radical (unpaired) electrons. The Morgan fingerprint density at radius 1 is 1.50 bits per heavy atom. The minimum atomic E-state index is -1.11. The van der Waals surface area contributed by atoms with E-state index in [1.807, 2.05) is 0 Å². The van der Waals surface area contributed by atoms with Crippen LogP contribution in [0.1, 0.15) is 16.1 Å². The van der Waals surface area contributed by atoms with Gasteiger partial charge in [0.2, 0.25) is 5.91 Å². The predicted octanol–water partition coefficient (Wildman–Crippen LogP) is 0.278. The van der Waals surface area contributed by atoms with Crippen molar-refractivity contribution in [2.45, 2.75) is 0 Å². The Bertz CT molecular complexity index is 399. The maximum atomic E-state index is 10.5. The van der Waals surface area contributed by atoms with Gasteiger partial charge in [0.15, 0.2) is 0 Å². The molecule has 0 aliphatic heterocycles. The van der Waals surface area contributed by atoms with Gasteiger partial charge in [0.25, 0.3) is 0 Å². The summed E-state index contributed by atoms with van der Waals surface area (Å²) in [6.07, 6.45) is 3.93. The topological polar surface area (TPSA) is 93.3 Å². The minimum absolute atomic E-state index is 0.0726. The summed E-state index contributed by atoms with van der Waals surface area (Å²) < 4.78 is 0. The highest BCUT2D eigenvalue weighted by Gasteiger charge is 2.02. The van der Waals surface area contributed by atoms with Crippen molar-refractivity contribution in [1.29, 1.82) is 0 Å². The van der Waals surface area contributed by atoms with Crippen LogP contribution >= 0.6 is 0 Å². The highest BCUT2D eigenvalue weighted by atomic mass is 16.4. The number of hydrogen-bond acceptors (Lipinski definition) is 3. The quantitative estimate of drug-likeness (QED) is 0.672. The van der Waals surface area contributed by atoms with Gasteiger partial charge >= 0.3 is 5.97 Å². The number of carbonyl (C=O) groups excluding carboxylic acids is 1. The van der Waals surface area contributed by atoms with Crippen molar-refractivity contribution in [3.63, 3.8) is 0 Å². The largest absolute Gasteiger partial charge is 0.477 e. The van der Waals surface area contributed by atoms with Crippen LogP contribution in [-0.4, -0.2) is 22.0 Å². The summed E-state index contributed by atoms with van der Waals surface area (Å²) in [5.74, 6) is -1.70. The number of aromatic nitrogens is 1. The van der Waals surface area contributed by atoms with Gasteiger partial charge in [0.1, 0.15) is 5.69 Å². The summed E-state index contributed by atoms with van der Waals surface area (Å²) in [7, 11) is 0. The van der Waals surface area contributed by atoms with Crippen LogP contribution in [0.15, 0.2) is 24.4 Å². The van der Waals surface area contributed by atoms with E-state index in [2.05, 4.69) is 4.98 Å². The predicted molar refractivity (Wildman–Crippen MR) is 49.4 cm³/mol. The zero-order chi connectivity index (χ0) is 10.6. The van der Waals surface area contributed by atoms with Crippen LogP contribution in [0.5, 0.6) is 0 Å². The lowest BCUT2D eigenvalue weighted by Gasteiger charge is -1.94. The summed E-state index contributed by atoms with van der Waals surface area (Å²) in [4.78, 5) is 24.5. The Kier molecular flexibility index (Phi) is 2.96. The van der Waals surface area contributed by atoms with E-state index in [-0.39, 0.29) is 5.69 Å². The number of primary amides is 1. The number of amides is 1. The molecule has 0 fully saturated rings. The first-order chi connectivity index (χ1) is 6.59. The summed E-state index contributed by atoms with van der Waals surface area (Å²) in [5, 5.41) is 8.61. The smallest absolute Gasteiger partial charge is 0.354 e. The molecule has 3 N–H and O–H groups in total. The molecule has 0 spiro atoms. The van der Waals surface area contributed by atoms with Gasteiger partial charge in [0, 0.05) is 12.3 Å². The maximum Gasteiger partial charge on any atom is 0.354 e.